The lowest BCUT2D eigenvalue weighted by molar-refractivity contribution is 0.0658. The lowest BCUT2D eigenvalue weighted by atomic mass is 10.0. The molecule has 1 unspecified atom stereocenters. The highest BCUT2D eigenvalue weighted by atomic mass is 16.2. The number of carbonyl (C=O) groups excluding carboxylic acids is 1. The normalized spacial score (nSPS) is 15.5. The van der Waals surface area contributed by atoms with E-state index in [1.807, 2.05) is 4.90 Å². The summed E-state index contributed by atoms with van der Waals surface area (Å²) in [7, 11) is 0. The summed E-state index contributed by atoms with van der Waals surface area (Å²) in [4.78, 5) is 19.4. The fraction of sp³-hybridized carbons (Fsp3) is 0.217. The first-order valence-corrected chi connectivity index (χ1v) is 9.07. The predicted octanol–water partition coefficient (Wildman–Crippen LogP) is 4.72. The minimum Gasteiger partial charge on any atom is -0.327 e. The molecule has 0 N–H and O–H groups in total. The molecular weight excluding hydrogens is 320 g/mol. The van der Waals surface area contributed by atoms with Crippen molar-refractivity contribution in [1.29, 1.82) is 0 Å². The molecular formula is C23H22N2O. The van der Waals surface area contributed by atoms with E-state index < -0.39 is 0 Å². The van der Waals surface area contributed by atoms with E-state index in [0.717, 1.165) is 18.4 Å². The molecule has 0 bridgehead atoms. The quantitative estimate of drug-likeness (QED) is 0.687. The lowest BCUT2D eigenvalue weighted by Gasteiger charge is -2.30. The van der Waals surface area contributed by atoms with Crippen LogP contribution < -0.4 is 0 Å². The van der Waals surface area contributed by atoms with Gasteiger partial charge in [0, 0.05) is 24.5 Å². The van der Waals surface area contributed by atoms with Gasteiger partial charge in [-0.3, -0.25) is 9.78 Å². The molecule has 0 saturated carbocycles. The van der Waals surface area contributed by atoms with Crippen LogP contribution in [0, 0.1) is 6.92 Å². The van der Waals surface area contributed by atoms with Crippen LogP contribution in [0.5, 0.6) is 0 Å². The zero-order valence-corrected chi connectivity index (χ0v) is 14.9. The molecule has 1 atom stereocenters. The number of aromatic nitrogens is 1. The second-order valence-corrected chi connectivity index (χ2v) is 6.91. The first-order chi connectivity index (χ1) is 12.7. The van der Waals surface area contributed by atoms with Crippen LogP contribution in [0.25, 0.3) is 0 Å². The van der Waals surface area contributed by atoms with E-state index in [1.165, 1.54) is 16.7 Å². The molecule has 1 heterocycles. The number of carbonyl (C=O) groups is 1. The molecule has 0 fully saturated rings. The van der Waals surface area contributed by atoms with Crippen LogP contribution in [0.1, 0.15) is 45.1 Å². The summed E-state index contributed by atoms with van der Waals surface area (Å²) >= 11 is 0. The second-order valence-electron chi connectivity index (χ2n) is 6.91. The number of pyridine rings is 1. The Bertz CT molecular complexity index is 903. The third-order valence-electron chi connectivity index (χ3n) is 5.14. The van der Waals surface area contributed by atoms with Crippen LogP contribution in [-0.4, -0.2) is 15.8 Å². The van der Waals surface area contributed by atoms with E-state index in [1.54, 1.807) is 24.5 Å². The zero-order valence-electron chi connectivity index (χ0n) is 14.9. The topological polar surface area (TPSA) is 33.2 Å². The van der Waals surface area contributed by atoms with Crippen molar-refractivity contribution in [2.24, 2.45) is 0 Å². The van der Waals surface area contributed by atoms with E-state index in [0.29, 0.717) is 12.1 Å². The van der Waals surface area contributed by atoms with Gasteiger partial charge >= 0.3 is 0 Å². The molecule has 3 nitrogen and oxygen atoms in total. The molecule has 1 aliphatic carbocycles. The van der Waals surface area contributed by atoms with Crippen LogP contribution in [0.15, 0.2) is 73.1 Å². The fourth-order valence-corrected chi connectivity index (χ4v) is 3.73. The van der Waals surface area contributed by atoms with Crippen molar-refractivity contribution in [2.45, 2.75) is 32.4 Å². The third-order valence-corrected chi connectivity index (χ3v) is 5.14. The van der Waals surface area contributed by atoms with Crippen molar-refractivity contribution in [2.75, 3.05) is 0 Å². The van der Waals surface area contributed by atoms with E-state index in [4.69, 9.17) is 0 Å². The number of fused-ring (bicyclic) bond motifs is 1. The predicted molar refractivity (Wildman–Crippen MR) is 103 cm³/mol. The van der Waals surface area contributed by atoms with Gasteiger partial charge in [-0.05, 0) is 48.6 Å². The molecule has 3 aromatic rings. The molecule has 1 aliphatic rings. The van der Waals surface area contributed by atoms with Gasteiger partial charge in [-0.25, -0.2) is 0 Å². The number of hydrogen-bond acceptors (Lipinski definition) is 2. The number of hydrogen-bond donors (Lipinski definition) is 0. The van der Waals surface area contributed by atoms with Crippen LogP contribution in [-0.2, 0) is 13.0 Å². The number of nitrogens with zero attached hydrogens (tertiary/aromatic N) is 2. The second kappa shape index (κ2) is 7.12. The summed E-state index contributed by atoms with van der Waals surface area (Å²) in [6.45, 7) is 2.69. The van der Waals surface area contributed by atoms with Gasteiger partial charge in [0.1, 0.15) is 0 Å². The van der Waals surface area contributed by atoms with Crippen molar-refractivity contribution >= 4 is 5.91 Å². The summed E-state index contributed by atoms with van der Waals surface area (Å²) in [6, 6.07) is 20.6. The van der Waals surface area contributed by atoms with Gasteiger partial charge in [0.15, 0.2) is 0 Å². The molecule has 1 aromatic heterocycles. The highest BCUT2D eigenvalue weighted by molar-refractivity contribution is 5.94. The van der Waals surface area contributed by atoms with Crippen LogP contribution in [0.2, 0.25) is 0 Å². The highest BCUT2D eigenvalue weighted by Gasteiger charge is 2.31. The van der Waals surface area contributed by atoms with Crippen molar-refractivity contribution in [3.63, 3.8) is 0 Å². The fourth-order valence-electron chi connectivity index (χ4n) is 3.73. The number of rotatable bonds is 4. The molecule has 0 aliphatic heterocycles. The van der Waals surface area contributed by atoms with Crippen molar-refractivity contribution in [1.82, 2.24) is 9.88 Å². The maximum atomic E-state index is 13.3. The van der Waals surface area contributed by atoms with Gasteiger partial charge in [0.2, 0.25) is 0 Å². The van der Waals surface area contributed by atoms with Crippen molar-refractivity contribution in [3.05, 3.63) is 101 Å². The Balaban J connectivity index is 1.70. The Kier molecular flexibility index (Phi) is 4.53. The molecule has 0 spiro atoms. The Morgan fingerprint density at radius 1 is 1.04 bits per heavy atom. The van der Waals surface area contributed by atoms with Gasteiger partial charge in [-0.1, -0.05) is 54.1 Å². The maximum Gasteiger partial charge on any atom is 0.254 e. The van der Waals surface area contributed by atoms with Crippen LogP contribution >= 0.6 is 0 Å². The highest BCUT2D eigenvalue weighted by Crippen LogP contribution is 2.37. The summed E-state index contributed by atoms with van der Waals surface area (Å²) in [6.07, 6.45) is 5.36. The molecule has 0 saturated heterocycles. The lowest BCUT2D eigenvalue weighted by Crippen LogP contribution is -2.33. The number of aryl methyl sites for hydroxylation is 2. The standard InChI is InChI=1S/C23H22N2O/c1-17-6-8-18(9-7-17)16-25(23(26)20-12-14-24-15-13-20)22-11-10-19-4-2-3-5-21(19)22/h2-9,12-15,22H,10-11,16H2,1H3. The smallest absolute Gasteiger partial charge is 0.254 e. The Labute approximate surface area is 154 Å². The van der Waals surface area contributed by atoms with Gasteiger partial charge in [-0.2, -0.15) is 0 Å². The first-order valence-electron chi connectivity index (χ1n) is 9.07. The van der Waals surface area contributed by atoms with Gasteiger partial charge in [0.05, 0.1) is 6.04 Å². The Morgan fingerprint density at radius 2 is 1.77 bits per heavy atom. The summed E-state index contributed by atoms with van der Waals surface area (Å²) in [5, 5.41) is 0. The SMILES string of the molecule is Cc1ccc(CN(C(=O)c2ccncc2)C2CCc3ccccc32)cc1. The summed E-state index contributed by atoms with van der Waals surface area (Å²) < 4.78 is 0. The minimum absolute atomic E-state index is 0.0645. The monoisotopic (exact) mass is 342 g/mol. The molecule has 2 aromatic carbocycles. The minimum atomic E-state index is 0.0645. The van der Waals surface area contributed by atoms with Crippen molar-refractivity contribution in [3.8, 4) is 0 Å². The van der Waals surface area contributed by atoms with E-state index >= 15 is 0 Å². The molecule has 130 valence electrons. The first kappa shape index (κ1) is 16.5. The maximum absolute atomic E-state index is 13.3. The largest absolute Gasteiger partial charge is 0.327 e. The van der Waals surface area contributed by atoms with Crippen LogP contribution in [0.4, 0.5) is 0 Å². The van der Waals surface area contributed by atoms with Crippen LogP contribution in [0.3, 0.4) is 0 Å². The average molecular weight is 342 g/mol. The number of benzene rings is 2. The Hall–Kier alpha value is -2.94. The van der Waals surface area contributed by atoms with E-state index in [9.17, 15) is 4.79 Å². The van der Waals surface area contributed by atoms with Gasteiger partial charge in [-0.15, -0.1) is 0 Å². The number of amides is 1. The van der Waals surface area contributed by atoms with Gasteiger partial charge in [0.25, 0.3) is 5.91 Å². The van der Waals surface area contributed by atoms with E-state index in [-0.39, 0.29) is 11.9 Å². The van der Waals surface area contributed by atoms with E-state index in [2.05, 4.69) is 60.4 Å². The molecule has 0 radical (unpaired) electrons. The summed E-state index contributed by atoms with van der Waals surface area (Å²) in [5.41, 5.74) is 5.71. The average Bonchev–Trinajstić information content (AvgIpc) is 3.12. The molecule has 3 heteroatoms. The third kappa shape index (κ3) is 3.25. The summed E-state index contributed by atoms with van der Waals surface area (Å²) in [5.74, 6) is 0.0645. The molecule has 1 amide bonds. The molecule has 26 heavy (non-hydrogen) atoms. The molecule has 4 rings (SSSR count). The Morgan fingerprint density at radius 3 is 2.54 bits per heavy atom. The van der Waals surface area contributed by atoms with Gasteiger partial charge < -0.3 is 4.90 Å². The zero-order chi connectivity index (χ0) is 17.9. The van der Waals surface area contributed by atoms with Crippen molar-refractivity contribution < 1.29 is 4.79 Å².